The Morgan fingerprint density at radius 3 is 2.33 bits per heavy atom. The third kappa shape index (κ3) is 5.23. The quantitative estimate of drug-likeness (QED) is 0.628. The van der Waals surface area contributed by atoms with Crippen molar-refractivity contribution in [2.24, 2.45) is 0 Å². The van der Waals surface area contributed by atoms with Crippen LogP contribution in [-0.2, 0) is 9.59 Å². The van der Waals surface area contributed by atoms with E-state index in [0.29, 0.717) is 11.3 Å². The molecule has 0 radical (unpaired) electrons. The summed E-state index contributed by atoms with van der Waals surface area (Å²) in [5.74, 6) is -0.703. The van der Waals surface area contributed by atoms with E-state index < -0.39 is 24.5 Å². The van der Waals surface area contributed by atoms with Gasteiger partial charge in [-0.05, 0) is 31.2 Å². The number of carbonyl (C=O) groups excluding carboxylic acids is 3. The molecule has 0 spiro atoms. The first-order valence-corrected chi connectivity index (χ1v) is 6.31. The zero-order valence-electron chi connectivity index (χ0n) is 11.9. The van der Waals surface area contributed by atoms with E-state index in [2.05, 4.69) is 10.6 Å². The van der Waals surface area contributed by atoms with Crippen LogP contribution in [0.5, 0.6) is 5.75 Å². The molecule has 0 aromatic heterocycles. The minimum atomic E-state index is -0.949. The highest BCUT2D eigenvalue weighted by Crippen LogP contribution is 2.10. The van der Waals surface area contributed by atoms with Crippen LogP contribution in [0.15, 0.2) is 24.3 Å². The molecule has 1 rings (SSSR count). The number of ketones is 1. The van der Waals surface area contributed by atoms with E-state index in [9.17, 15) is 14.4 Å². The van der Waals surface area contributed by atoms with Crippen LogP contribution in [0.1, 0.15) is 17.3 Å². The van der Waals surface area contributed by atoms with E-state index in [0.717, 1.165) is 0 Å². The van der Waals surface area contributed by atoms with Gasteiger partial charge in [-0.1, -0.05) is 0 Å². The van der Waals surface area contributed by atoms with Crippen LogP contribution in [0.25, 0.3) is 0 Å². The molecule has 7 nitrogen and oxygen atoms in total. The SMILES string of the molecule is COc1ccc(C(=O)NCC(=O)N[C@@H](CO)C(C)=O)cc1. The fraction of sp³-hybridized carbons (Fsp3) is 0.357. The maximum absolute atomic E-state index is 11.8. The average molecular weight is 294 g/mol. The van der Waals surface area contributed by atoms with Gasteiger partial charge in [-0.15, -0.1) is 0 Å². The Morgan fingerprint density at radius 1 is 1.24 bits per heavy atom. The topological polar surface area (TPSA) is 105 Å². The second-order valence-corrected chi connectivity index (χ2v) is 4.32. The van der Waals surface area contributed by atoms with Gasteiger partial charge in [-0.2, -0.15) is 0 Å². The number of aliphatic hydroxyl groups excluding tert-OH is 1. The molecule has 114 valence electrons. The molecule has 0 aliphatic carbocycles. The number of carbonyl (C=O) groups is 3. The number of hydrogen-bond donors (Lipinski definition) is 3. The molecule has 0 heterocycles. The summed E-state index contributed by atoms with van der Waals surface area (Å²) in [6.07, 6.45) is 0. The number of ether oxygens (including phenoxy) is 1. The third-order valence-electron chi connectivity index (χ3n) is 2.77. The number of aliphatic hydroxyl groups is 1. The number of benzene rings is 1. The van der Waals surface area contributed by atoms with Crippen LogP contribution in [0.4, 0.5) is 0 Å². The van der Waals surface area contributed by atoms with Gasteiger partial charge >= 0.3 is 0 Å². The maximum atomic E-state index is 11.8. The number of Topliss-reactive ketones (excluding diaryl/α,β-unsaturated/α-hetero) is 1. The largest absolute Gasteiger partial charge is 0.497 e. The van der Waals surface area contributed by atoms with Crippen molar-refractivity contribution in [3.05, 3.63) is 29.8 Å². The van der Waals surface area contributed by atoms with Gasteiger partial charge in [0.1, 0.15) is 11.8 Å². The lowest BCUT2D eigenvalue weighted by Crippen LogP contribution is -2.46. The molecule has 1 aromatic rings. The molecule has 0 fully saturated rings. The Kier molecular flexibility index (Phi) is 6.35. The van der Waals surface area contributed by atoms with Gasteiger partial charge in [0.2, 0.25) is 5.91 Å². The van der Waals surface area contributed by atoms with Crippen molar-refractivity contribution >= 4 is 17.6 Å². The fourth-order valence-electron chi connectivity index (χ4n) is 1.53. The Hall–Kier alpha value is -2.41. The van der Waals surface area contributed by atoms with E-state index in [-0.39, 0.29) is 12.3 Å². The predicted molar refractivity (Wildman–Crippen MR) is 75.0 cm³/mol. The van der Waals surface area contributed by atoms with Gasteiger partial charge in [-0.3, -0.25) is 14.4 Å². The number of nitrogens with one attached hydrogen (secondary N) is 2. The second-order valence-electron chi connectivity index (χ2n) is 4.32. The first kappa shape index (κ1) is 16.6. The van der Waals surface area contributed by atoms with Crippen LogP contribution >= 0.6 is 0 Å². The normalized spacial score (nSPS) is 11.4. The molecule has 0 unspecified atom stereocenters. The van der Waals surface area contributed by atoms with Crippen molar-refractivity contribution in [2.75, 3.05) is 20.3 Å². The van der Waals surface area contributed by atoms with Crippen LogP contribution in [0.3, 0.4) is 0 Å². The lowest BCUT2D eigenvalue weighted by atomic mass is 10.2. The Labute approximate surface area is 122 Å². The average Bonchev–Trinajstić information content (AvgIpc) is 2.49. The third-order valence-corrected chi connectivity index (χ3v) is 2.77. The zero-order valence-corrected chi connectivity index (χ0v) is 11.9. The van der Waals surface area contributed by atoms with Gasteiger partial charge in [-0.25, -0.2) is 0 Å². The van der Waals surface area contributed by atoms with Crippen LogP contribution in [-0.4, -0.2) is 49.0 Å². The number of hydrogen-bond acceptors (Lipinski definition) is 5. The molecule has 1 aromatic carbocycles. The summed E-state index contributed by atoms with van der Waals surface area (Å²) in [5.41, 5.74) is 0.383. The summed E-state index contributed by atoms with van der Waals surface area (Å²) in [6.45, 7) is 0.499. The van der Waals surface area contributed by atoms with Gasteiger partial charge in [0.05, 0.1) is 20.3 Å². The number of rotatable bonds is 7. The summed E-state index contributed by atoms with van der Waals surface area (Å²) in [7, 11) is 1.52. The highest BCUT2D eigenvalue weighted by atomic mass is 16.5. The lowest BCUT2D eigenvalue weighted by Gasteiger charge is -2.13. The minimum absolute atomic E-state index is 0.283. The van der Waals surface area contributed by atoms with Crippen LogP contribution < -0.4 is 15.4 Å². The van der Waals surface area contributed by atoms with E-state index in [1.165, 1.54) is 14.0 Å². The van der Waals surface area contributed by atoms with Crippen LogP contribution in [0, 0.1) is 0 Å². The first-order chi connectivity index (χ1) is 9.97. The summed E-state index contributed by atoms with van der Waals surface area (Å²) in [5, 5.41) is 13.7. The van der Waals surface area contributed by atoms with Crippen molar-refractivity contribution in [1.29, 1.82) is 0 Å². The van der Waals surface area contributed by atoms with Crippen molar-refractivity contribution in [1.82, 2.24) is 10.6 Å². The lowest BCUT2D eigenvalue weighted by molar-refractivity contribution is -0.127. The van der Waals surface area contributed by atoms with Crippen LogP contribution in [0.2, 0.25) is 0 Å². The highest BCUT2D eigenvalue weighted by Gasteiger charge is 2.16. The molecule has 0 aliphatic heterocycles. The number of methoxy groups -OCH3 is 1. The Balaban J connectivity index is 2.48. The van der Waals surface area contributed by atoms with E-state index in [1.54, 1.807) is 24.3 Å². The minimum Gasteiger partial charge on any atom is -0.497 e. The first-order valence-electron chi connectivity index (χ1n) is 6.31. The number of amides is 2. The van der Waals surface area contributed by atoms with E-state index in [1.807, 2.05) is 0 Å². The molecule has 0 aliphatic rings. The van der Waals surface area contributed by atoms with E-state index in [4.69, 9.17) is 9.84 Å². The summed E-state index contributed by atoms with van der Waals surface area (Å²) in [4.78, 5) is 34.4. The van der Waals surface area contributed by atoms with Crippen molar-refractivity contribution in [3.63, 3.8) is 0 Å². The summed E-state index contributed by atoms with van der Waals surface area (Å²) in [6, 6.07) is 5.45. The predicted octanol–water partition coefficient (Wildman–Crippen LogP) is -0.509. The summed E-state index contributed by atoms with van der Waals surface area (Å²) < 4.78 is 4.97. The molecule has 1 atom stereocenters. The fourth-order valence-corrected chi connectivity index (χ4v) is 1.53. The molecule has 21 heavy (non-hydrogen) atoms. The molecule has 7 heteroatoms. The Morgan fingerprint density at radius 2 is 1.86 bits per heavy atom. The summed E-state index contributed by atoms with van der Waals surface area (Å²) >= 11 is 0. The molecule has 0 bridgehead atoms. The second kappa shape index (κ2) is 8.01. The van der Waals surface area contributed by atoms with Gasteiger partial charge in [0.25, 0.3) is 5.91 Å². The van der Waals surface area contributed by atoms with Gasteiger partial charge in [0.15, 0.2) is 5.78 Å². The van der Waals surface area contributed by atoms with E-state index >= 15 is 0 Å². The van der Waals surface area contributed by atoms with Gasteiger partial charge in [0, 0.05) is 5.56 Å². The molecular formula is C14H18N2O5. The standard InChI is InChI=1S/C14H18N2O5/c1-9(18)12(8-17)16-13(19)7-15-14(20)10-3-5-11(21-2)6-4-10/h3-6,12,17H,7-8H2,1-2H3,(H,15,20)(H,16,19)/t12-/m0/s1. The van der Waals surface area contributed by atoms with Crippen molar-refractivity contribution in [2.45, 2.75) is 13.0 Å². The molecule has 2 amide bonds. The maximum Gasteiger partial charge on any atom is 0.251 e. The smallest absolute Gasteiger partial charge is 0.251 e. The Bertz CT molecular complexity index is 513. The molecular weight excluding hydrogens is 276 g/mol. The molecule has 0 saturated heterocycles. The van der Waals surface area contributed by atoms with Gasteiger partial charge < -0.3 is 20.5 Å². The molecule has 0 saturated carbocycles. The monoisotopic (exact) mass is 294 g/mol. The zero-order chi connectivity index (χ0) is 15.8. The van der Waals surface area contributed by atoms with Crippen molar-refractivity contribution in [3.8, 4) is 5.75 Å². The molecule has 3 N–H and O–H groups in total. The highest BCUT2D eigenvalue weighted by molar-refractivity contribution is 5.97. The van der Waals surface area contributed by atoms with Crippen molar-refractivity contribution < 1.29 is 24.2 Å².